The van der Waals surface area contributed by atoms with E-state index in [0.717, 1.165) is 0 Å². The van der Waals surface area contributed by atoms with Crippen molar-refractivity contribution in [1.82, 2.24) is 14.5 Å². The van der Waals surface area contributed by atoms with Gasteiger partial charge in [-0.05, 0) is 9.91 Å². The Hall–Kier alpha value is -2.49. The maximum atomic E-state index is 10.9. The van der Waals surface area contributed by atoms with Gasteiger partial charge in [-0.25, -0.2) is 9.78 Å². The second kappa shape index (κ2) is 5.25. The Morgan fingerprint density at radius 3 is 2.85 bits per heavy atom. The number of carbonyl (C=O) groups is 1. The number of carboxylic acid groups (broad SMARTS) is 1. The summed E-state index contributed by atoms with van der Waals surface area (Å²) in [6, 6.07) is 0. The summed E-state index contributed by atoms with van der Waals surface area (Å²) in [5.74, 6) is -0.598. The standard InChI is InChI=1S/C10H11N5O4S/c1-5-12-9(15(18)19)8(14(5)2)11-3-7-13-6(4-20-7)10(16)17/h4,11H,3H2,1-2H3,(H,16,17). The number of hydrogen-bond acceptors (Lipinski definition) is 7. The summed E-state index contributed by atoms with van der Waals surface area (Å²) in [4.78, 5) is 28.8. The number of nitrogens with zero attached hydrogens (tertiary/aromatic N) is 4. The highest BCUT2D eigenvalue weighted by atomic mass is 32.1. The number of anilines is 1. The van der Waals surface area contributed by atoms with Gasteiger partial charge in [0.05, 0.1) is 6.54 Å². The van der Waals surface area contributed by atoms with E-state index in [9.17, 15) is 14.9 Å². The molecular formula is C10H11N5O4S. The van der Waals surface area contributed by atoms with Crippen LogP contribution in [-0.2, 0) is 13.6 Å². The number of rotatable bonds is 5. The van der Waals surface area contributed by atoms with Crippen molar-refractivity contribution in [2.75, 3.05) is 5.32 Å². The highest BCUT2D eigenvalue weighted by Crippen LogP contribution is 2.24. The minimum atomic E-state index is -1.10. The predicted octanol–water partition coefficient (Wildman–Crippen LogP) is 1.40. The molecule has 0 aliphatic heterocycles. The number of thiazole rings is 1. The van der Waals surface area contributed by atoms with Crippen LogP contribution in [0.2, 0.25) is 0 Å². The molecule has 0 saturated carbocycles. The van der Waals surface area contributed by atoms with Gasteiger partial charge in [-0.1, -0.05) is 0 Å². The number of aromatic carboxylic acids is 1. The molecule has 2 heterocycles. The zero-order chi connectivity index (χ0) is 14.9. The number of imidazole rings is 1. The van der Waals surface area contributed by atoms with Crippen LogP contribution < -0.4 is 5.32 Å². The molecule has 2 aromatic heterocycles. The normalized spacial score (nSPS) is 10.5. The van der Waals surface area contributed by atoms with Crippen LogP contribution in [-0.4, -0.2) is 30.5 Å². The molecule has 0 aliphatic rings. The lowest BCUT2D eigenvalue weighted by Crippen LogP contribution is -2.07. The Morgan fingerprint density at radius 1 is 1.60 bits per heavy atom. The third-order valence-electron chi connectivity index (χ3n) is 2.65. The minimum absolute atomic E-state index is 0.0394. The molecule has 0 radical (unpaired) electrons. The third-order valence-corrected chi connectivity index (χ3v) is 3.50. The molecule has 2 aromatic rings. The Labute approximate surface area is 117 Å². The topological polar surface area (TPSA) is 123 Å². The van der Waals surface area contributed by atoms with Crippen molar-refractivity contribution in [3.8, 4) is 0 Å². The summed E-state index contributed by atoms with van der Waals surface area (Å²) >= 11 is 1.17. The maximum Gasteiger partial charge on any atom is 0.406 e. The van der Waals surface area contributed by atoms with Gasteiger partial charge in [0.15, 0.2) is 5.69 Å². The SMILES string of the molecule is Cc1nc([N+](=O)[O-])c(NCc2nc(C(=O)O)cs2)n1C. The molecule has 0 fully saturated rings. The molecule has 0 spiro atoms. The zero-order valence-electron chi connectivity index (χ0n) is 10.7. The van der Waals surface area contributed by atoms with Crippen molar-refractivity contribution in [3.05, 3.63) is 32.0 Å². The number of aromatic nitrogens is 3. The molecule has 106 valence electrons. The van der Waals surface area contributed by atoms with E-state index in [1.165, 1.54) is 16.7 Å². The van der Waals surface area contributed by atoms with Crippen LogP contribution in [0.15, 0.2) is 5.38 Å². The molecule has 0 unspecified atom stereocenters. The molecule has 0 saturated heterocycles. The Balaban J connectivity index is 2.18. The second-order valence-corrected chi connectivity index (χ2v) is 4.88. The Bertz CT molecular complexity index is 677. The van der Waals surface area contributed by atoms with Gasteiger partial charge in [0.1, 0.15) is 5.01 Å². The molecular weight excluding hydrogens is 286 g/mol. The predicted molar refractivity (Wildman–Crippen MR) is 71.0 cm³/mol. The second-order valence-electron chi connectivity index (χ2n) is 3.93. The van der Waals surface area contributed by atoms with Gasteiger partial charge in [-0.15, -0.1) is 11.3 Å². The third kappa shape index (κ3) is 2.59. The fourth-order valence-corrected chi connectivity index (χ4v) is 2.28. The summed E-state index contributed by atoms with van der Waals surface area (Å²) in [6.45, 7) is 1.85. The van der Waals surface area contributed by atoms with Gasteiger partial charge in [0.25, 0.3) is 0 Å². The van der Waals surface area contributed by atoms with Gasteiger partial charge >= 0.3 is 11.8 Å². The molecule has 20 heavy (non-hydrogen) atoms. The smallest absolute Gasteiger partial charge is 0.406 e. The van der Waals surface area contributed by atoms with Gasteiger partial charge in [-0.2, -0.15) is 0 Å². The monoisotopic (exact) mass is 297 g/mol. The van der Waals surface area contributed by atoms with Gasteiger partial charge in [0, 0.05) is 19.4 Å². The van der Waals surface area contributed by atoms with E-state index in [0.29, 0.717) is 10.8 Å². The quantitative estimate of drug-likeness (QED) is 0.631. The van der Waals surface area contributed by atoms with Crippen molar-refractivity contribution < 1.29 is 14.8 Å². The van der Waals surface area contributed by atoms with Crippen molar-refractivity contribution in [3.63, 3.8) is 0 Å². The van der Waals surface area contributed by atoms with Gasteiger partial charge in [-0.3, -0.25) is 4.57 Å². The first-order chi connectivity index (χ1) is 9.40. The van der Waals surface area contributed by atoms with Crippen LogP contribution in [0, 0.1) is 17.0 Å². The molecule has 0 aromatic carbocycles. The highest BCUT2D eigenvalue weighted by Gasteiger charge is 2.23. The number of hydrogen-bond donors (Lipinski definition) is 2. The fourth-order valence-electron chi connectivity index (χ4n) is 1.57. The molecule has 2 rings (SSSR count). The zero-order valence-corrected chi connectivity index (χ0v) is 11.5. The van der Waals surface area contributed by atoms with E-state index in [1.807, 2.05) is 0 Å². The van der Waals surface area contributed by atoms with E-state index in [-0.39, 0.29) is 23.9 Å². The average Bonchev–Trinajstić information content (AvgIpc) is 2.94. The minimum Gasteiger partial charge on any atom is -0.476 e. The van der Waals surface area contributed by atoms with Crippen molar-refractivity contribution in [2.24, 2.45) is 7.05 Å². The molecule has 0 atom stereocenters. The lowest BCUT2D eigenvalue weighted by atomic mass is 10.5. The lowest BCUT2D eigenvalue weighted by molar-refractivity contribution is -0.388. The maximum absolute atomic E-state index is 10.9. The van der Waals surface area contributed by atoms with E-state index in [4.69, 9.17) is 5.11 Å². The van der Waals surface area contributed by atoms with E-state index in [1.54, 1.807) is 18.5 Å². The number of nitro groups is 1. The summed E-state index contributed by atoms with van der Waals surface area (Å²) in [5.41, 5.74) is -0.0394. The van der Waals surface area contributed by atoms with Crippen LogP contribution in [0.4, 0.5) is 11.6 Å². The highest BCUT2D eigenvalue weighted by molar-refractivity contribution is 7.09. The number of aryl methyl sites for hydroxylation is 1. The van der Waals surface area contributed by atoms with Crippen LogP contribution in [0.3, 0.4) is 0 Å². The van der Waals surface area contributed by atoms with Crippen molar-refractivity contribution >= 4 is 28.9 Å². The molecule has 0 aliphatic carbocycles. The molecule has 2 N–H and O–H groups in total. The fraction of sp³-hybridized carbons (Fsp3) is 0.300. The van der Waals surface area contributed by atoms with E-state index >= 15 is 0 Å². The van der Waals surface area contributed by atoms with E-state index in [2.05, 4.69) is 15.3 Å². The summed E-state index contributed by atoms with van der Waals surface area (Å²) in [5, 5.41) is 24.5. The molecule has 0 amide bonds. The first-order valence-electron chi connectivity index (χ1n) is 5.49. The summed E-state index contributed by atoms with van der Waals surface area (Å²) < 4.78 is 1.56. The van der Waals surface area contributed by atoms with E-state index < -0.39 is 10.9 Å². The van der Waals surface area contributed by atoms with Crippen LogP contribution >= 0.6 is 11.3 Å². The molecule has 9 nitrogen and oxygen atoms in total. The molecule has 0 bridgehead atoms. The molecule has 10 heteroatoms. The Morgan fingerprint density at radius 2 is 2.30 bits per heavy atom. The number of nitrogens with one attached hydrogen (secondary N) is 1. The summed E-state index contributed by atoms with van der Waals surface area (Å²) in [7, 11) is 1.65. The van der Waals surface area contributed by atoms with Gasteiger partial charge in [0.2, 0.25) is 11.6 Å². The Kier molecular flexibility index (Phi) is 3.66. The van der Waals surface area contributed by atoms with Gasteiger partial charge < -0.3 is 20.5 Å². The average molecular weight is 297 g/mol. The first kappa shape index (κ1) is 13.9. The van der Waals surface area contributed by atoms with Crippen LogP contribution in [0.25, 0.3) is 0 Å². The van der Waals surface area contributed by atoms with Crippen molar-refractivity contribution in [1.29, 1.82) is 0 Å². The summed E-state index contributed by atoms with van der Waals surface area (Å²) in [6.07, 6.45) is 0. The van der Waals surface area contributed by atoms with Crippen LogP contribution in [0.1, 0.15) is 21.3 Å². The largest absolute Gasteiger partial charge is 0.476 e. The van der Waals surface area contributed by atoms with Crippen LogP contribution in [0.5, 0.6) is 0 Å². The lowest BCUT2D eigenvalue weighted by Gasteiger charge is -2.04. The first-order valence-corrected chi connectivity index (χ1v) is 6.37. The van der Waals surface area contributed by atoms with Crippen molar-refractivity contribution in [2.45, 2.75) is 13.5 Å². The number of carboxylic acids is 1.